The third kappa shape index (κ3) is 5.43. The summed E-state index contributed by atoms with van der Waals surface area (Å²) in [5.74, 6) is 0. The van der Waals surface area contributed by atoms with Crippen LogP contribution in [-0.2, 0) is 10.8 Å². The summed E-state index contributed by atoms with van der Waals surface area (Å²) < 4.78 is 0. The Kier molecular flexibility index (Phi) is 7.80. The minimum atomic E-state index is -0.125. The fourth-order valence-corrected chi connectivity index (χ4v) is 10.1. The number of nitrogens with one attached hydrogen (secondary N) is 2. The molecule has 8 aromatic carbocycles. The largest absolute Gasteiger partial charge is 0.366 e. The van der Waals surface area contributed by atoms with Gasteiger partial charge in [0.05, 0.1) is 6.04 Å². The first-order valence-electron chi connectivity index (χ1n) is 20.7. The number of fused-ring (bicyclic) bond motifs is 7. The summed E-state index contributed by atoms with van der Waals surface area (Å²) in [5, 5.41) is 10.4. The molecule has 0 aromatic heterocycles. The van der Waals surface area contributed by atoms with Crippen LogP contribution >= 0.6 is 0 Å². The van der Waals surface area contributed by atoms with E-state index in [-0.39, 0.29) is 23.0 Å². The van der Waals surface area contributed by atoms with Crippen LogP contribution in [0.2, 0.25) is 0 Å². The molecule has 2 N–H and O–H groups in total. The molecule has 2 atom stereocenters. The highest BCUT2D eigenvalue weighted by Gasteiger charge is 2.38. The van der Waals surface area contributed by atoms with Gasteiger partial charge in [0.2, 0.25) is 0 Å². The number of benzene rings is 8. The van der Waals surface area contributed by atoms with Gasteiger partial charge >= 0.3 is 0 Å². The maximum absolute atomic E-state index is 3.96. The average molecular weight is 747 g/mol. The van der Waals surface area contributed by atoms with Crippen molar-refractivity contribution in [2.75, 3.05) is 0 Å². The van der Waals surface area contributed by atoms with E-state index in [1.54, 1.807) is 0 Å². The molecule has 1 heterocycles. The molecule has 2 nitrogen and oxygen atoms in total. The fourth-order valence-electron chi connectivity index (χ4n) is 10.1. The first-order chi connectivity index (χ1) is 28.2. The van der Waals surface area contributed by atoms with E-state index in [9.17, 15) is 0 Å². The molecule has 2 unspecified atom stereocenters. The van der Waals surface area contributed by atoms with Gasteiger partial charge in [-0.15, -0.1) is 0 Å². The van der Waals surface area contributed by atoms with Crippen molar-refractivity contribution in [3.05, 3.63) is 221 Å². The highest BCUT2D eigenvalue weighted by atomic mass is 15.2. The van der Waals surface area contributed by atoms with Gasteiger partial charge in [-0.1, -0.05) is 185 Å². The Balaban J connectivity index is 0.961. The topological polar surface area (TPSA) is 24.1 Å². The Bertz CT molecular complexity index is 2930. The third-order valence-corrected chi connectivity index (χ3v) is 13.4. The molecule has 3 aliphatic rings. The highest BCUT2D eigenvalue weighted by molar-refractivity contribution is 5.98. The summed E-state index contributed by atoms with van der Waals surface area (Å²) in [4.78, 5) is 0. The summed E-state index contributed by atoms with van der Waals surface area (Å²) in [6.07, 6.45) is 2.33. The molecule has 0 spiro atoms. The van der Waals surface area contributed by atoms with Crippen molar-refractivity contribution in [3.8, 4) is 44.5 Å². The molecule has 58 heavy (non-hydrogen) atoms. The molecule has 2 heteroatoms. The lowest BCUT2D eigenvalue weighted by Crippen LogP contribution is -2.39. The standard InChI is InChI=1S/C56H46N2/c1-55(2)47-21-13-20-43(53(47)46-30-39-18-11-12-19-40(39)31-50(46)55)36-22-24-37(25-23-36)51-34-52(58-54(57-51)38-16-9-6-10-17-38)42-27-29-45-44-28-26-41(35-14-7-5-8-15-35)32-48(44)56(3,4)49(45)33-42/h5-34,52,54,57-58H,1-4H3. The summed E-state index contributed by atoms with van der Waals surface area (Å²) in [6.45, 7) is 9.50. The lowest BCUT2D eigenvalue weighted by Gasteiger charge is -2.34. The monoisotopic (exact) mass is 746 g/mol. The van der Waals surface area contributed by atoms with Gasteiger partial charge in [-0.25, -0.2) is 0 Å². The van der Waals surface area contributed by atoms with E-state index < -0.39 is 0 Å². The van der Waals surface area contributed by atoms with Crippen LogP contribution in [0.15, 0.2) is 182 Å². The zero-order chi connectivity index (χ0) is 39.2. The summed E-state index contributed by atoms with van der Waals surface area (Å²) >= 11 is 0. The Morgan fingerprint density at radius 1 is 0.397 bits per heavy atom. The first-order valence-corrected chi connectivity index (χ1v) is 20.7. The number of rotatable bonds is 5. The summed E-state index contributed by atoms with van der Waals surface area (Å²) in [6, 6.07) is 65.3. The maximum Gasteiger partial charge on any atom is 0.104 e. The van der Waals surface area contributed by atoms with Crippen LogP contribution in [0, 0.1) is 0 Å². The Morgan fingerprint density at radius 2 is 1.00 bits per heavy atom. The zero-order valence-electron chi connectivity index (χ0n) is 33.5. The van der Waals surface area contributed by atoms with Gasteiger partial charge in [0.25, 0.3) is 0 Å². The van der Waals surface area contributed by atoms with Crippen LogP contribution in [0.3, 0.4) is 0 Å². The highest BCUT2D eigenvalue weighted by Crippen LogP contribution is 2.54. The number of hydrogen-bond donors (Lipinski definition) is 2. The minimum Gasteiger partial charge on any atom is -0.366 e. The van der Waals surface area contributed by atoms with E-state index in [4.69, 9.17) is 0 Å². The van der Waals surface area contributed by atoms with Crippen molar-refractivity contribution in [2.24, 2.45) is 0 Å². The quantitative estimate of drug-likeness (QED) is 0.183. The third-order valence-electron chi connectivity index (χ3n) is 13.4. The maximum atomic E-state index is 3.96. The predicted octanol–water partition coefficient (Wildman–Crippen LogP) is 13.8. The Labute approximate surface area is 341 Å². The summed E-state index contributed by atoms with van der Waals surface area (Å²) in [7, 11) is 0. The van der Waals surface area contributed by atoms with Crippen molar-refractivity contribution in [2.45, 2.75) is 50.7 Å². The minimum absolute atomic E-state index is 0.0109. The molecule has 1 aliphatic heterocycles. The van der Waals surface area contributed by atoms with Crippen LogP contribution in [0.25, 0.3) is 61.0 Å². The molecule has 0 saturated heterocycles. The van der Waals surface area contributed by atoms with Crippen LogP contribution in [0.4, 0.5) is 0 Å². The molecule has 0 fully saturated rings. The Hall–Kier alpha value is -6.48. The van der Waals surface area contributed by atoms with Crippen molar-refractivity contribution >= 4 is 16.5 Å². The van der Waals surface area contributed by atoms with Crippen molar-refractivity contribution < 1.29 is 0 Å². The van der Waals surface area contributed by atoms with Crippen LogP contribution < -0.4 is 10.6 Å². The van der Waals surface area contributed by atoms with Gasteiger partial charge in [-0.3, -0.25) is 5.32 Å². The molecule has 2 aliphatic carbocycles. The van der Waals surface area contributed by atoms with E-state index in [1.807, 2.05) is 0 Å². The SMILES string of the molecule is CC1(C)c2cc(-c3ccccc3)ccc2-c2ccc(C3C=C(c4ccc(-c5cccc6c5-c5cc7ccccc7cc5C6(C)C)cc4)NC(c4ccccc4)N3)cc21. The normalized spacial score (nSPS) is 18.1. The molecule has 0 radical (unpaired) electrons. The van der Waals surface area contributed by atoms with Gasteiger partial charge in [-0.05, 0) is 118 Å². The average Bonchev–Trinajstić information content (AvgIpc) is 3.64. The lowest BCUT2D eigenvalue weighted by molar-refractivity contribution is 0.442. The van der Waals surface area contributed by atoms with Gasteiger partial charge in [0, 0.05) is 16.5 Å². The van der Waals surface area contributed by atoms with Gasteiger partial charge in [0.1, 0.15) is 6.17 Å². The second-order valence-corrected chi connectivity index (χ2v) is 17.4. The van der Waals surface area contributed by atoms with E-state index in [0.717, 1.165) is 5.70 Å². The lowest BCUT2D eigenvalue weighted by atomic mass is 9.80. The van der Waals surface area contributed by atoms with E-state index in [1.165, 1.54) is 94.2 Å². The number of hydrogen-bond acceptors (Lipinski definition) is 2. The second-order valence-electron chi connectivity index (χ2n) is 17.4. The molecule has 0 amide bonds. The smallest absolute Gasteiger partial charge is 0.104 e. The second kappa shape index (κ2) is 13.0. The molecule has 11 rings (SSSR count). The van der Waals surface area contributed by atoms with E-state index >= 15 is 0 Å². The predicted molar refractivity (Wildman–Crippen MR) is 243 cm³/mol. The van der Waals surface area contributed by atoms with Gasteiger partial charge < -0.3 is 5.32 Å². The zero-order valence-corrected chi connectivity index (χ0v) is 33.5. The van der Waals surface area contributed by atoms with Crippen molar-refractivity contribution in [3.63, 3.8) is 0 Å². The summed E-state index contributed by atoms with van der Waals surface area (Å²) in [5.41, 5.74) is 20.6. The Morgan fingerprint density at radius 3 is 1.76 bits per heavy atom. The van der Waals surface area contributed by atoms with Crippen molar-refractivity contribution in [1.82, 2.24) is 10.6 Å². The van der Waals surface area contributed by atoms with Crippen molar-refractivity contribution in [1.29, 1.82) is 0 Å². The first kappa shape index (κ1) is 34.7. The molecular formula is C56H46N2. The molecule has 8 aromatic rings. The van der Waals surface area contributed by atoms with Gasteiger partial charge in [-0.2, -0.15) is 0 Å². The fraction of sp³-hybridized carbons (Fsp3) is 0.143. The van der Waals surface area contributed by atoms with Gasteiger partial charge in [0.15, 0.2) is 0 Å². The molecule has 0 saturated carbocycles. The molecular weight excluding hydrogens is 701 g/mol. The molecule has 0 bridgehead atoms. The van der Waals surface area contributed by atoms with Crippen LogP contribution in [0.1, 0.15) is 78.8 Å². The van der Waals surface area contributed by atoms with E-state index in [2.05, 4.69) is 220 Å². The van der Waals surface area contributed by atoms with Crippen LogP contribution in [-0.4, -0.2) is 0 Å². The molecule has 280 valence electrons. The van der Waals surface area contributed by atoms with Crippen LogP contribution in [0.5, 0.6) is 0 Å². The van der Waals surface area contributed by atoms with E-state index in [0.29, 0.717) is 0 Å².